The summed E-state index contributed by atoms with van der Waals surface area (Å²) in [7, 11) is 2.32. The van der Waals surface area contributed by atoms with Crippen molar-refractivity contribution in [1.29, 1.82) is 0 Å². The molecule has 5 nitrogen and oxygen atoms in total. The average Bonchev–Trinajstić information content (AvgIpc) is 3.17. The van der Waals surface area contributed by atoms with Gasteiger partial charge in [-0.15, -0.1) is 0 Å². The Balaban J connectivity index is 1.44. The molecule has 0 amide bonds. The lowest BCUT2D eigenvalue weighted by atomic mass is 9.90. The van der Waals surface area contributed by atoms with Crippen LogP contribution in [0.2, 0.25) is 0 Å². The van der Waals surface area contributed by atoms with Crippen LogP contribution in [0.1, 0.15) is 44.6 Å². The first-order valence-corrected chi connectivity index (χ1v) is 8.82. The maximum atomic E-state index is 4.59. The number of imidazole rings is 1. The van der Waals surface area contributed by atoms with Crippen LogP contribution < -0.4 is 0 Å². The zero-order chi connectivity index (χ0) is 15.4. The van der Waals surface area contributed by atoms with Gasteiger partial charge in [0.2, 0.25) is 0 Å². The molecule has 120 valence electrons. The molecule has 3 aromatic rings. The lowest BCUT2D eigenvalue weighted by Crippen LogP contribution is -2.36. The van der Waals surface area contributed by atoms with Gasteiger partial charge in [0.1, 0.15) is 11.2 Å². The van der Waals surface area contributed by atoms with Crippen molar-refractivity contribution in [2.24, 2.45) is 0 Å². The Bertz CT molecular complexity index is 835. The molecule has 0 unspecified atom stereocenters. The van der Waals surface area contributed by atoms with Gasteiger partial charge in [-0.25, -0.2) is 9.97 Å². The summed E-state index contributed by atoms with van der Waals surface area (Å²) in [6, 6.07) is 4.35. The number of H-pyrrole nitrogens is 1. The highest BCUT2D eigenvalue weighted by Crippen LogP contribution is 2.37. The molecule has 0 spiro atoms. The third-order valence-corrected chi connectivity index (χ3v) is 5.88. The second-order valence-corrected chi connectivity index (χ2v) is 7.24. The number of fused-ring (bicyclic) bond motifs is 3. The summed E-state index contributed by atoms with van der Waals surface area (Å²) in [6.45, 7) is 0. The summed E-state index contributed by atoms with van der Waals surface area (Å²) in [6.07, 6.45) is 13.8. The highest BCUT2D eigenvalue weighted by molar-refractivity contribution is 6.00. The maximum Gasteiger partial charge on any atom is 0.139 e. The van der Waals surface area contributed by atoms with E-state index in [1.165, 1.54) is 49.4 Å². The third-order valence-electron chi connectivity index (χ3n) is 5.88. The lowest BCUT2D eigenvalue weighted by molar-refractivity contribution is 0.161. The molecule has 5 heteroatoms. The fraction of sp³-hybridized carbons (Fsp3) is 0.556. The number of aromatic nitrogens is 4. The second-order valence-electron chi connectivity index (χ2n) is 7.24. The van der Waals surface area contributed by atoms with E-state index in [1.54, 1.807) is 0 Å². The number of rotatable bonds is 3. The monoisotopic (exact) mass is 309 g/mol. The molecule has 3 heterocycles. The Labute approximate surface area is 135 Å². The number of nitrogens with one attached hydrogen (secondary N) is 1. The predicted molar refractivity (Wildman–Crippen MR) is 91.5 cm³/mol. The number of hydrogen-bond acceptors (Lipinski definition) is 3. The van der Waals surface area contributed by atoms with Crippen LogP contribution in [0.15, 0.2) is 24.8 Å². The number of aromatic amines is 1. The Kier molecular flexibility index (Phi) is 2.98. The fourth-order valence-electron chi connectivity index (χ4n) is 4.33. The SMILES string of the molecule is CN(C1CC1)C1CCC(n2cnc3cnc4[nH]ccc4c32)CC1. The predicted octanol–water partition coefficient (Wildman–Crippen LogP) is 3.49. The smallest absolute Gasteiger partial charge is 0.139 e. The van der Waals surface area contributed by atoms with Gasteiger partial charge in [0.25, 0.3) is 0 Å². The fourth-order valence-corrected chi connectivity index (χ4v) is 4.33. The molecule has 2 fully saturated rings. The van der Waals surface area contributed by atoms with Crippen molar-refractivity contribution < 1.29 is 0 Å². The standard InChI is InChI=1S/C18H23N5/c1-22(12-2-3-12)13-4-6-14(7-5-13)23-11-21-16-10-20-18-15(17(16)23)8-9-19-18/h8-14H,2-7H2,1H3,(H,19,20). The van der Waals surface area contributed by atoms with Crippen molar-refractivity contribution in [3.8, 4) is 0 Å². The van der Waals surface area contributed by atoms with Gasteiger partial charge in [0, 0.05) is 29.7 Å². The summed E-state index contributed by atoms with van der Waals surface area (Å²) in [4.78, 5) is 14.9. The topological polar surface area (TPSA) is 49.7 Å². The summed E-state index contributed by atoms with van der Waals surface area (Å²) in [5, 5.41) is 1.19. The van der Waals surface area contributed by atoms with E-state index in [4.69, 9.17) is 0 Å². The molecular formula is C18H23N5. The van der Waals surface area contributed by atoms with E-state index in [1.807, 2.05) is 18.7 Å². The third kappa shape index (κ3) is 2.17. The van der Waals surface area contributed by atoms with Crippen LogP contribution in [0.3, 0.4) is 0 Å². The van der Waals surface area contributed by atoms with Crippen LogP contribution in [-0.2, 0) is 0 Å². The van der Waals surface area contributed by atoms with Gasteiger partial charge < -0.3 is 14.5 Å². The van der Waals surface area contributed by atoms with Crippen LogP contribution >= 0.6 is 0 Å². The first-order chi connectivity index (χ1) is 11.3. The van der Waals surface area contributed by atoms with Crippen LogP contribution in [0.4, 0.5) is 0 Å². The zero-order valence-corrected chi connectivity index (χ0v) is 13.6. The lowest BCUT2D eigenvalue weighted by Gasteiger charge is -2.35. The molecular weight excluding hydrogens is 286 g/mol. The molecule has 0 aliphatic heterocycles. The quantitative estimate of drug-likeness (QED) is 0.805. The molecule has 0 atom stereocenters. The van der Waals surface area contributed by atoms with Gasteiger partial charge >= 0.3 is 0 Å². The van der Waals surface area contributed by atoms with Crippen molar-refractivity contribution in [3.05, 3.63) is 24.8 Å². The molecule has 0 saturated heterocycles. The van der Waals surface area contributed by atoms with Crippen LogP contribution in [0.5, 0.6) is 0 Å². The van der Waals surface area contributed by atoms with Crippen molar-refractivity contribution in [3.63, 3.8) is 0 Å². The minimum atomic E-state index is 0.573. The van der Waals surface area contributed by atoms with Crippen LogP contribution in [-0.4, -0.2) is 43.6 Å². The molecule has 1 N–H and O–H groups in total. The Morgan fingerprint density at radius 1 is 1.09 bits per heavy atom. The average molecular weight is 309 g/mol. The molecule has 0 radical (unpaired) electrons. The van der Waals surface area contributed by atoms with Crippen molar-refractivity contribution in [2.45, 2.75) is 56.7 Å². The molecule has 2 aliphatic rings. The number of pyridine rings is 1. The molecule has 3 aromatic heterocycles. The second kappa shape index (κ2) is 5.06. The molecule has 2 aliphatic carbocycles. The van der Waals surface area contributed by atoms with Gasteiger partial charge in [0.05, 0.1) is 18.0 Å². The van der Waals surface area contributed by atoms with Crippen LogP contribution in [0.25, 0.3) is 22.1 Å². The zero-order valence-electron chi connectivity index (χ0n) is 13.6. The van der Waals surface area contributed by atoms with E-state index in [-0.39, 0.29) is 0 Å². The summed E-state index contributed by atoms with van der Waals surface area (Å²) < 4.78 is 2.40. The highest BCUT2D eigenvalue weighted by atomic mass is 15.2. The van der Waals surface area contributed by atoms with E-state index < -0.39 is 0 Å². The van der Waals surface area contributed by atoms with Gasteiger partial charge in [-0.05, 0) is 51.6 Å². The largest absolute Gasteiger partial charge is 0.346 e. The minimum absolute atomic E-state index is 0.573. The minimum Gasteiger partial charge on any atom is -0.346 e. The van der Waals surface area contributed by atoms with Crippen molar-refractivity contribution in [1.82, 2.24) is 24.4 Å². The number of hydrogen-bond donors (Lipinski definition) is 1. The summed E-state index contributed by atoms with van der Waals surface area (Å²) in [5.41, 5.74) is 3.21. The van der Waals surface area contributed by atoms with E-state index in [9.17, 15) is 0 Å². The van der Waals surface area contributed by atoms with E-state index in [0.29, 0.717) is 6.04 Å². The molecule has 5 rings (SSSR count). The summed E-state index contributed by atoms with van der Waals surface area (Å²) >= 11 is 0. The number of nitrogens with zero attached hydrogens (tertiary/aromatic N) is 4. The molecule has 0 bridgehead atoms. The Morgan fingerprint density at radius 2 is 1.83 bits per heavy atom. The van der Waals surface area contributed by atoms with E-state index in [0.717, 1.165) is 23.2 Å². The van der Waals surface area contributed by atoms with E-state index in [2.05, 4.69) is 37.5 Å². The normalized spacial score (nSPS) is 25.7. The van der Waals surface area contributed by atoms with E-state index >= 15 is 0 Å². The van der Waals surface area contributed by atoms with Crippen molar-refractivity contribution in [2.75, 3.05) is 7.05 Å². The summed E-state index contributed by atoms with van der Waals surface area (Å²) in [5.74, 6) is 0. The first kappa shape index (κ1) is 13.5. The van der Waals surface area contributed by atoms with Gasteiger partial charge in [-0.2, -0.15) is 0 Å². The molecule has 0 aromatic carbocycles. The Hall–Kier alpha value is -1.88. The highest BCUT2D eigenvalue weighted by Gasteiger charge is 2.33. The van der Waals surface area contributed by atoms with Gasteiger partial charge in [-0.3, -0.25) is 0 Å². The molecule has 23 heavy (non-hydrogen) atoms. The van der Waals surface area contributed by atoms with Gasteiger partial charge in [0.15, 0.2) is 0 Å². The van der Waals surface area contributed by atoms with Gasteiger partial charge in [-0.1, -0.05) is 0 Å². The van der Waals surface area contributed by atoms with Crippen LogP contribution in [0, 0.1) is 0 Å². The first-order valence-electron chi connectivity index (χ1n) is 8.82. The molecule has 2 saturated carbocycles. The Morgan fingerprint density at radius 3 is 2.57 bits per heavy atom. The van der Waals surface area contributed by atoms with Crippen molar-refractivity contribution >= 4 is 22.1 Å². The maximum absolute atomic E-state index is 4.59.